The summed E-state index contributed by atoms with van der Waals surface area (Å²) in [5.74, 6) is 0.331. The van der Waals surface area contributed by atoms with Crippen molar-refractivity contribution in [3.8, 4) is 5.75 Å². The van der Waals surface area contributed by atoms with Crippen LogP contribution in [0, 0.1) is 0 Å². The van der Waals surface area contributed by atoms with Gasteiger partial charge in [0, 0.05) is 12.6 Å². The number of aromatic hydroxyl groups is 1. The van der Waals surface area contributed by atoms with E-state index in [0.717, 1.165) is 6.54 Å². The van der Waals surface area contributed by atoms with Crippen LogP contribution in [-0.2, 0) is 6.54 Å². The molecule has 0 spiro atoms. The van der Waals surface area contributed by atoms with Gasteiger partial charge >= 0.3 is 0 Å². The zero-order chi connectivity index (χ0) is 11.1. The Hall–Kier alpha value is -1.02. The van der Waals surface area contributed by atoms with Crippen molar-refractivity contribution in [3.63, 3.8) is 0 Å². The van der Waals surface area contributed by atoms with Crippen molar-refractivity contribution in [1.82, 2.24) is 5.32 Å². The number of phenolic OH excluding ortho intramolecular Hbond substituents is 1. The van der Waals surface area contributed by atoms with Crippen LogP contribution in [0.2, 0.25) is 0 Å². The summed E-state index contributed by atoms with van der Waals surface area (Å²) in [4.78, 5) is 0. The van der Waals surface area contributed by atoms with Crippen LogP contribution in [-0.4, -0.2) is 11.1 Å². The minimum Gasteiger partial charge on any atom is -0.508 e. The molecule has 2 N–H and O–H groups in total. The standard InChI is InChI=1S/C13H21NO/c1-3-4-5-11(2)14-10-12-6-8-13(15)9-7-12/h6-9,11,14-15H,3-5,10H2,1-2H3. The summed E-state index contributed by atoms with van der Waals surface area (Å²) >= 11 is 0. The molecule has 0 aromatic heterocycles. The number of rotatable bonds is 6. The fraction of sp³-hybridized carbons (Fsp3) is 0.538. The van der Waals surface area contributed by atoms with Gasteiger partial charge in [-0.05, 0) is 31.0 Å². The quantitative estimate of drug-likeness (QED) is 0.751. The van der Waals surface area contributed by atoms with Gasteiger partial charge in [0.1, 0.15) is 5.75 Å². The lowest BCUT2D eigenvalue weighted by molar-refractivity contribution is 0.474. The second-order valence-electron chi connectivity index (χ2n) is 4.09. The highest BCUT2D eigenvalue weighted by molar-refractivity contribution is 5.25. The average Bonchev–Trinajstić information content (AvgIpc) is 2.25. The van der Waals surface area contributed by atoms with E-state index in [4.69, 9.17) is 5.11 Å². The van der Waals surface area contributed by atoms with E-state index in [9.17, 15) is 0 Å². The van der Waals surface area contributed by atoms with Crippen molar-refractivity contribution < 1.29 is 5.11 Å². The maximum absolute atomic E-state index is 9.13. The van der Waals surface area contributed by atoms with Crippen LogP contribution in [0.25, 0.3) is 0 Å². The number of hydrogen-bond donors (Lipinski definition) is 2. The zero-order valence-corrected chi connectivity index (χ0v) is 9.66. The van der Waals surface area contributed by atoms with E-state index in [1.54, 1.807) is 12.1 Å². The molecule has 2 nitrogen and oxygen atoms in total. The average molecular weight is 207 g/mol. The van der Waals surface area contributed by atoms with E-state index in [-0.39, 0.29) is 0 Å². The summed E-state index contributed by atoms with van der Waals surface area (Å²) in [7, 11) is 0. The van der Waals surface area contributed by atoms with E-state index < -0.39 is 0 Å². The number of nitrogens with one attached hydrogen (secondary N) is 1. The number of unbranched alkanes of at least 4 members (excludes halogenated alkanes) is 1. The van der Waals surface area contributed by atoms with Gasteiger partial charge in [-0.1, -0.05) is 31.9 Å². The third kappa shape index (κ3) is 4.84. The van der Waals surface area contributed by atoms with Crippen molar-refractivity contribution in [2.24, 2.45) is 0 Å². The van der Waals surface area contributed by atoms with Gasteiger partial charge in [-0.2, -0.15) is 0 Å². The third-order valence-corrected chi connectivity index (χ3v) is 2.58. The monoisotopic (exact) mass is 207 g/mol. The van der Waals surface area contributed by atoms with Gasteiger partial charge in [-0.25, -0.2) is 0 Å². The van der Waals surface area contributed by atoms with Gasteiger partial charge in [0.05, 0.1) is 0 Å². The van der Waals surface area contributed by atoms with E-state index in [2.05, 4.69) is 19.2 Å². The lowest BCUT2D eigenvalue weighted by Crippen LogP contribution is -2.25. The van der Waals surface area contributed by atoms with Gasteiger partial charge in [-0.3, -0.25) is 0 Å². The van der Waals surface area contributed by atoms with Crippen LogP contribution in [0.3, 0.4) is 0 Å². The Bertz CT molecular complexity index is 268. The van der Waals surface area contributed by atoms with Crippen LogP contribution in [0.4, 0.5) is 0 Å². The van der Waals surface area contributed by atoms with Gasteiger partial charge < -0.3 is 10.4 Å². The topological polar surface area (TPSA) is 32.3 Å². The lowest BCUT2D eigenvalue weighted by atomic mass is 10.1. The van der Waals surface area contributed by atoms with Crippen molar-refractivity contribution in [2.75, 3.05) is 0 Å². The van der Waals surface area contributed by atoms with Crippen LogP contribution in [0.15, 0.2) is 24.3 Å². The van der Waals surface area contributed by atoms with Crippen molar-refractivity contribution in [3.05, 3.63) is 29.8 Å². The predicted octanol–water partition coefficient (Wildman–Crippen LogP) is 3.06. The molecule has 0 aliphatic rings. The molecule has 0 bridgehead atoms. The predicted molar refractivity (Wildman–Crippen MR) is 63.9 cm³/mol. The largest absolute Gasteiger partial charge is 0.508 e. The molecule has 1 unspecified atom stereocenters. The molecule has 1 rings (SSSR count). The molecule has 1 atom stereocenters. The molecule has 1 aromatic carbocycles. The second-order valence-corrected chi connectivity index (χ2v) is 4.09. The number of phenols is 1. The van der Waals surface area contributed by atoms with E-state index in [0.29, 0.717) is 11.8 Å². The second kappa shape index (κ2) is 6.46. The van der Waals surface area contributed by atoms with E-state index in [1.807, 2.05) is 12.1 Å². The van der Waals surface area contributed by atoms with Crippen molar-refractivity contribution in [2.45, 2.75) is 45.7 Å². The Morgan fingerprint density at radius 3 is 2.53 bits per heavy atom. The fourth-order valence-electron chi connectivity index (χ4n) is 1.52. The van der Waals surface area contributed by atoms with Gasteiger partial charge in [0.2, 0.25) is 0 Å². The minimum absolute atomic E-state index is 0.331. The van der Waals surface area contributed by atoms with Gasteiger partial charge in [0.15, 0.2) is 0 Å². The third-order valence-electron chi connectivity index (χ3n) is 2.58. The summed E-state index contributed by atoms with van der Waals surface area (Å²) in [6, 6.07) is 7.93. The van der Waals surface area contributed by atoms with Gasteiger partial charge in [0.25, 0.3) is 0 Å². The molecule has 0 radical (unpaired) electrons. The molecule has 0 saturated heterocycles. The molecule has 1 aromatic rings. The first-order valence-corrected chi connectivity index (χ1v) is 5.73. The molecule has 0 fully saturated rings. The van der Waals surface area contributed by atoms with Crippen LogP contribution in [0.1, 0.15) is 38.7 Å². The lowest BCUT2D eigenvalue weighted by Gasteiger charge is -2.13. The summed E-state index contributed by atoms with van der Waals surface area (Å²) in [5.41, 5.74) is 1.22. The number of hydrogen-bond acceptors (Lipinski definition) is 2. The molecular weight excluding hydrogens is 186 g/mol. The molecule has 0 aliphatic heterocycles. The summed E-state index contributed by atoms with van der Waals surface area (Å²) in [6.07, 6.45) is 3.77. The van der Waals surface area contributed by atoms with Crippen molar-refractivity contribution in [1.29, 1.82) is 0 Å². The highest BCUT2D eigenvalue weighted by atomic mass is 16.3. The molecular formula is C13H21NO. The molecule has 15 heavy (non-hydrogen) atoms. The minimum atomic E-state index is 0.331. The normalized spacial score (nSPS) is 12.7. The van der Waals surface area contributed by atoms with Crippen molar-refractivity contribution >= 4 is 0 Å². The van der Waals surface area contributed by atoms with Gasteiger partial charge in [-0.15, -0.1) is 0 Å². The molecule has 0 heterocycles. The fourth-order valence-corrected chi connectivity index (χ4v) is 1.52. The molecule has 0 saturated carbocycles. The Balaban J connectivity index is 2.27. The van der Waals surface area contributed by atoms with E-state index in [1.165, 1.54) is 24.8 Å². The number of benzene rings is 1. The maximum Gasteiger partial charge on any atom is 0.115 e. The highest BCUT2D eigenvalue weighted by Crippen LogP contribution is 2.09. The summed E-state index contributed by atoms with van der Waals surface area (Å²) < 4.78 is 0. The molecule has 0 aliphatic carbocycles. The van der Waals surface area contributed by atoms with E-state index >= 15 is 0 Å². The van der Waals surface area contributed by atoms with Crippen LogP contribution in [0.5, 0.6) is 5.75 Å². The Labute approximate surface area is 92.3 Å². The van der Waals surface area contributed by atoms with Crippen LogP contribution >= 0.6 is 0 Å². The molecule has 84 valence electrons. The Morgan fingerprint density at radius 2 is 1.93 bits per heavy atom. The Kier molecular flexibility index (Phi) is 5.19. The summed E-state index contributed by atoms with van der Waals surface area (Å²) in [6.45, 7) is 5.31. The summed E-state index contributed by atoms with van der Waals surface area (Å²) in [5, 5.41) is 12.6. The molecule has 2 heteroatoms. The zero-order valence-electron chi connectivity index (χ0n) is 9.66. The smallest absolute Gasteiger partial charge is 0.115 e. The first-order valence-electron chi connectivity index (χ1n) is 5.73. The maximum atomic E-state index is 9.13. The molecule has 0 amide bonds. The highest BCUT2D eigenvalue weighted by Gasteiger charge is 2.00. The SMILES string of the molecule is CCCCC(C)NCc1ccc(O)cc1. The Morgan fingerprint density at radius 1 is 1.27 bits per heavy atom. The first-order chi connectivity index (χ1) is 7.22. The van der Waals surface area contributed by atoms with Crippen LogP contribution < -0.4 is 5.32 Å². The first kappa shape index (κ1) is 12.1.